The Hall–Kier alpha value is -2.55. The molecule has 0 fully saturated rings. The van der Waals surface area contributed by atoms with E-state index in [0.717, 1.165) is 23.4 Å². The largest absolute Gasteiger partial charge is 0.333 e. The summed E-state index contributed by atoms with van der Waals surface area (Å²) in [5, 5.41) is 10.2. The maximum Gasteiger partial charge on any atom is 0.321 e. The zero-order chi connectivity index (χ0) is 16.7. The van der Waals surface area contributed by atoms with E-state index in [1.54, 1.807) is 17.7 Å². The number of halogens is 1. The fraction of sp³-hybridized carbons (Fsp3) is 0.333. The monoisotopic (exact) mass is 346 g/mol. The molecule has 0 spiro atoms. The summed E-state index contributed by atoms with van der Waals surface area (Å²) in [7, 11) is 0. The molecule has 3 aromatic rings. The molecule has 1 aliphatic heterocycles. The first-order valence-corrected chi connectivity index (χ1v) is 8.41. The number of urea groups is 1. The summed E-state index contributed by atoms with van der Waals surface area (Å²) in [6.45, 7) is 2.31. The highest BCUT2D eigenvalue weighted by Gasteiger charge is 2.21. The number of benzene rings is 1. The van der Waals surface area contributed by atoms with Crippen LogP contribution in [-0.4, -0.2) is 31.8 Å². The number of fused-ring (bicyclic) bond motifs is 2. The van der Waals surface area contributed by atoms with E-state index < -0.39 is 0 Å². The number of aryl methyl sites for hydroxylation is 2. The van der Waals surface area contributed by atoms with E-state index in [9.17, 15) is 9.18 Å². The molecular formula is C15H15FN6OS. The Morgan fingerprint density at radius 2 is 2.33 bits per heavy atom. The minimum Gasteiger partial charge on any atom is -0.333 e. The van der Waals surface area contributed by atoms with Gasteiger partial charge >= 0.3 is 6.03 Å². The standard InChI is InChI=1S/C15H15FN6OS/c1-8-4-12-11(5-10(8)16)20-15(24-12)21-14(23)19-9-2-3-13-17-7-18-22(13)6-9/h4-5,7,9H,2-3,6H2,1H3,(H2,19,20,21,23)/t9-/m0/s1. The molecule has 1 aliphatic rings. The molecule has 0 saturated heterocycles. The lowest BCUT2D eigenvalue weighted by Gasteiger charge is -2.23. The molecule has 0 unspecified atom stereocenters. The second-order valence-electron chi connectivity index (χ2n) is 5.78. The molecule has 2 amide bonds. The van der Waals surface area contributed by atoms with Crippen LogP contribution in [0.5, 0.6) is 0 Å². The topological polar surface area (TPSA) is 84.7 Å². The van der Waals surface area contributed by atoms with Gasteiger partial charge in [0.1, 0.15) is 18.0 Å². The van der Waals surface area contributed by atoms with Gasteiger partial charge in [-0.05, 0) is 25.0 Å². The second-order valence-corrected chi connectivity index (χ2v) is 6.81. The van der Waals surface area contributed by atoms with Crippen LogP contribution in [0.4, 0.5) is 14.3 Å². The van der Waals surface area contributed by atoms with E-state index in [2.05, 4.69) is 25.7 Å². The van der Waals surface area contributed by atoms with E-state index in [0.29, 0.717) is 22.8 Å². The van der Waals surface area contributed by atoms with Crippen molar-refractivity contribution in [2.45, 2.75) is 32.4 Å². The first-order chi connectivity index (χ1) is 11.6. The van der Waals surface area contributed by atoms with Crippen LogP contribution in [0.15, 0.2) is 18.5 Å². The quantitative estimate of drug-likeness (QED) is 0.746. The average Bonchev–Trinajstić information content (AvgIpc) is 3.13. The van der Waals surface area contributed by atoms with Gasteiger partial charge in [0, 0.05) is 12.5 Å². The molecule has 1 atom stereocenters. The maximum absolute atomic E-state index is 13.6. The molecule has 7 nitrogen and oxygen atoms in total. The van der Waals surface area contributed by atoms with Crippen molar-refractivity contribution in [1.82, 2.24) is 25.1 Å². The van der Waals surface area contributed by atoms with Crippen molar-refractivity contribution in [3.05, 3.63) is 35.7 Å². The van der Waals surface area contributed by atoms with Gasteiger partial charge in [-0.1, -0.05) is 11.3 Å². The van der Waals surface area contributed by atoms with Crippen LogP contribution in [0.25, 0.3) is 10.2 Å². The van der Waals surface area contributed by atoms with Gasteiger partial charge in [0.25, 0.3) is 0 Å². The highest BCUT2D eigenvalue weighted by Crippen LogP contribution is 2.28. The molecule has 0 radical (unpaired) electrons. The number of carbonyl (C=O) groups is 1. The predicted octanol–water partition coefficient (Wildman–Crippen LogP) is 2.47. The van der Waals surface area contributed by atoms with Crippen molar-refractivity contribution in [1.29, 1.82) is 0 Å². The Kier molecular flexibility index (Phi) is 3.64. The molecule has 1 aromatic carbocycles. The Bertz CT molecular complexity index is 881. The van der Waals surface area contributed by atoms with Crippen molar-refractivity contribution in [2.24, 2.45) is 0 Å². The van der Waals surface area contributed by atoms with Crippen LogP contribution < -0.4 is 10.6 Å². The summed E-state index contributed by atoms with van der Waals surface area (Å²) < 4.78 is 16.2. The van der Waals surface area contributed by atoms with Crippen molar-refractivity contribution in [3.63, 3.8) is 0 Å². The van der Waals surface area contributed by atoms with Crippen molar-refractivity contribution in [3.8, 4) is 0 Å². The normalized spacial score (nSPS) is 16.8. The fourth-order valence-corrected chi connectivity index (χ4v) is 3.72. The minimum atomic E-state index is -0.320. The molecule has 124 valence electrons. The summed E-state index contributed by atoms with van der Waals surface area (Å²) >= 11 is 1.32. The third-order valence-electron chi connectivity index (χ3n) is 4.03. The number of nitrogens with zero attached hydrogens (tertiary/aromatic N) is 4. The number of carbonyl (C=O) groups excluding carboxylic acids is 1. The van der Waals surface area contributed by atoms with Crippen molar-refractivity contribution in [2.75, 3.05) is 5.32 Å². The van der Waals surface area contributed by atoms with E-state index >= 15 is 0 Å². The Morgan fingerprint density at radius 1 is 1.46 bits per heavy atom. The van der Waals surface area contributed by atoms with Crippen LogP contribution in [0.2, 0.25) is 0 Å². The Morgan fingerprint density at radius 3 is 3.21 bits per heavy atom. The lowest BCUT2D eigenvalue weighted by molar-refractivity contribution is 0.243. The fourth-order valence-electron chi connectivity index (χ4n) is 2.78. The van der Waals surface area contributed by atoms with Crippen LogP contribution in [0.1, 0.15) is 17.8 Å². The van der Waals surface area contributed by atoms with Crippen LogP contribution in [0.3, 0.4) is 0 Å². The number of hydrogen-bond acceptors (Lipinski definition) is 5. The van der Waals surface area contributed by atoms with Gasteiger partial charge in [-0.15, -0.1) is 0 Å². The number of rotatable bonds is 2. The average molecular weight is 346 g/mol. The number of amides is 2. The Labute approximate surface area is 140 Å². The molecule has 3 heterocycles. The number of aromatic nitrogens is 4. The van der Waals surface area contributed by atoms with Crippen molar-refractivity contribution < 1.29 is 9.18 Å². The van der Waals surface area contributed by atoms with Gasteiger partial charge in [-0.2, -0.15) is 5.10 Å². The van der Waals surface area contributed by atoms with E-state index in [-0.39, 0.29) is 17.9 Å². The molecular weight excluding hydrogens is 331 g/mol. The van der Waals surface area contributed by atoms with E-state index in [4.69, 9.17) is 0 Å². The summed E-state index contributed by atoms with van der Waals surface area (Å²) in [5.74, 6) is 0.645. The zero-order valence-corrected chi connectivity index (χ0v) is 13.7. The summed E-state index contributed by atoms with van der Waals surface area (Å²) in [6.07, 6.45) is 3.13. The molecule has 0 aliphatic carbocycles. The number of anilines is 1. The number of thiazole rings is 1. The molecule has 9 heteroatoms. The zero-order valence-electron chi connectivity index (χ0n) is 12.9. The summed E-state index contributed by atoms with van der Waals surface area (Å²) in [5.41, 5.74) is 1.11. The SMILES string of the molecule is Cc1cc2sc(NC(=O)N[C@H]3CCc4ncnn4C3)nc2cc1F. The van der Waals surface area contributed by atoms with E-state index in [1.807, 2.05) is 0 Å². The van der Waals surface area contributed by atoms with Gasteiger partial charge in [-0.25, -0.2) is 23.8 Å². The third-order valence-corrected chi connectivity index (χ3v) is 4.96. The van der Waals surface area contributed by atoms with Crippen LogP contribution in [-0.2, 0) is 13.0 Å². The van der Waals surface area contributed by atoms with Gasteiger partial charge in [0.2, 0.25) is 0 Å². The highest BCUT2D eigenvalue weighted by molar-refractivity contribution is 7.22. The van der Waals surface area contributed by atoms with Crippen molar-refractivity contribution >= 4 is 32.7 Å². The van der Waals surface area contributed by atoms with Crippen LogP contribution in [0, 0.1) is 12.7 Å². The van der Waals surface area contributed by atoms with Gasteiger partial charge in [0.15, 0.2) is 5.13 Å². The first kappa shape index (κ1) is 15.0. The molecule has 24 heavy (non-hydrogen) atoms. The lowest BCUT2D eigenvalue weighted by atomic mass is 10.1. The third kappa shape index (κ3) is 2.82. The molecule has 0 saturated carbocycles. The molecule has 4 rings (SSSR count). The Balaban J connectivity index is 1.43. The first-order valence-electron chi connectivity index (χ1n) is 7.59. The summed E-state index contributed by atoms with van der Waals surface area (Å²) in [4.78, 5) is 20.6. The number of nitrogens with one attached hydrogen (secondary N) is 2. The molecule has 0 bridgehead atoms. The maximum atomic E-state index is 13.6. The van der Waals surface area contributed by atoms with Crippen LogP contribution >= 0.6 is 11.3 Å². The second kappa shape index (κ2) is 5.82. The smallest absolute Gasteiger partial charge is 0.321 e. The van der Waals surface area contributed by atoms with Gasteiger partial charge in [0.05, 0.1) is 22.8 Å². The highest BCUT2D eigenvalue weighted by atomic mass is 32.1. The van der Waals surface area contributed by atoms with Gasteiger partial charge < -0.3 is 5.32 Å². The van der Waals surface area contributed by atoms with E-state index in [1.165, 1.54) is 23.7 Å². The number of hydrogen-bond donors (Lipinski definition) is 2. The molecule has 2 N–H and O–H groups in total. The molecule has 2 aromatic heterocycles. The summed E-state index contributed by atoms with van der Waals surface area (Å²) in [6, 6.07) is 2.80. The predicted molar refractivity (Wildman–Crippen MR) is 88.6 cm³/mol. The minimum absolute atomic E-state index is 0.00623. The van der Waals surface area contributed by atoms with Gasteiger partial charge in [-0.3, -0.25) is 5.32 Å². The lowest BCUT2D eigenvalue weighted by Crippen LogP contribution is -2.43.